The fraction of sp³-hybridized carbons (Fsp3) is 0.273. The number of carboxylic acids is 1. The number of benzene rings is 1. The van der Waals surface area contributed by atoms with Crippen molar-refractivity contribution in [2.24, 2.45) is 4.99 Å². The second-order valence-corrected chi connectivity index (χ2v) is 3.59. The molecule has 1 aromatic rings. The van der Waals surface area contributed by atoms with Crippen LogP contribution in [0.5, 0.6) is 0 Å². The highest BCUT2D eigenvalue weighted by atomic mass is 32.1. The Morgan fingerprint density at radius 1 is 1.47 bits per heavy atom. The molecule has 2 unspecified atom stereocenters. The number of aliphatic carboxylic acids is 1. The number of nitrogens with zero attached hydrogens (tertiary/aromatic N) is 1. The van der Waals surface area contributed by atoms with Crippen molar-refractivity contribution in [2.75, 3.05) is 0 Å². The number of carbonyl (C=O) groups is 1. The van der Waals surface area contributed by atoms with E-state index < -0.39 is 24.6 Å². The normalized spacial score (nSPS) is 13.5. The second-order valence-electron chi connectivity index (χ2n) is 3.41. The Kier molecular flexibility index (Phi) is 4.93. The molecule has 0 saturated carbocycles. The summed E-state index contributed by atoms with van der Waals surface area (Å²) < 4.78 is 0. The molecule has 0 heterocycles. The van der Waals surface area contributed by atoms with Crippen molar-refractivity contribution in [2.45, 2.75) is 18.6 Å². The molecule has 3 N–H and O–H groups in total. The Morgan fingerprint density at radius 2 is 2.18 bits per heavy atom. The van der Waals surface area contributed by atoms with Gasteiger partial charge in [0.15, 0.2) is 0 Å². The van der Waals surface area contributed by atoms with Crippen LogP contribution in [0.25, 0.3) is 0 Å². The number of hydrogen-bond acceptors (Lipinski definition) is 5. The van der Waals surface area contributed by atoms with E-state index in [1.807, 2.05) is 0 Å². The van der Waals surface area contributed by atoms with E-state index >= 15 is 0 Å². The average molecular weight is 253 g/mol. The number of aliphatic hydroxyl groups excluding tert-OH is 2. The van der Waals surface area contributed by atoms with Gasteiger partial charge in [0.25, 0.3) is 0 Å². The van der Waals surface area contributed by atoms with Crippen molar-refractivity contribution in [1.82, 2.24) is 0 Å². The van der Waals surface area contributed by atoms with E-state index in [0.29, 0.717) is 11.3 Å². The molecular weight excluding hydrogens is 242 g/mol. The molecule has 0 saturated heterocycles. The highest BCUT2D eigenvalue weighted by Gasteiger charge is 2.21. The minimum Gasteiger partial charge on any atom is -0.481 e. The molecule has 0 amide bonds. The van der Waals surface area contributed by atoms with Gasteiger partial charge in [0, 0.05) is 0 Å². The highest BCUT2D eigenvalue weighted by Crippen LogP contribution is 2.23. The quantitative estimate of drug-likeness (QED) is 0.543. The maximum atomic E-state index is 10.4. The second kappa shape index (κ2) is 6.22. The minimum atomic E-state index is -1.36. The summed E-state index contributed by atoms with van der Waals surface area (Å²) >= 11 is 4.45. The average Bonchev–Trinajstić information content (AvgIpc) is 2.28. The maximum absolute atomic E-state index is 10.4. The van der Waals surface area contributed by atoms with E-state index in [2.05, 4.69) is 22.4 Å². The summed E-state index contributed by atoms with van der Waals surface area (Å²) in [7, 11) is 0. The lowest BCUT2D eigenvalue weighted by atomic mass is 10.0. The highest BCUT2D eigenvalue weighted by molar-refractivity contribution is 7.78. The van der Waals surface area contributed by atoms with Crippen LogP contribution in [0.1, 0.15) is 18.1 Å². The van der Waals surface area contributed by atoms with E-state index in [1.54, 1.807) is 18.2 Å². The molecule has 0 radical (unpaired) electrons. The van der Waals surface area contributed by atoms with Crippen LogP contribution in [0.2, 0.25) is 0 Å². The van der Waals surface area contributed by atoms with Gasteiger partial charge in [-0.05, 0) is 29.9 Å². The predicted molar refractivity (Wildman–Crippen MR) is 64.3 cm³/mol. The van der Waals surface area contributed by atoms with Gasteiger partial charge in [-0.3, -0.25) is 4.79 Å². The Labute approximate surface area is 103 Å². The van der Waals surface area contributed by atoms with E-state index in [-0.39, 0.29) is 0 Å². The summed E-state index contributed by atoms with van der Waals surface area (Å²) in [6.45, 7) is 0. The molecule has 0 aromatic heterocycles. The van der Waals surface area contributed by atoms with E-state index in [4.69, 9.17) is 5.11 Å². The summed E-state index contributed by atoms with van der Waals surface area (Å²) in [6, 6.07) is 6.35. The van der Waals surface area contributed by atoms with Gasteiger partial charge in [0.05, 0.1) is 23.4 Å². The van der Waals surface area contributed by atoms with E-state index in [0.717, 1.165) is 0 Å². The van der Waals surface area contributed by atoms with E-state index in [1.165, 1.54) is 6.07 Å². The Hall–Kier alpha value is -1.59. The van der Waals surface area contributed by atoms with Gasteiger partial charge in [-0.2, -0.15) is 4.99 Å². The van der Waals surface area contributed by atoms with Gasteiger partial charge in [0.1, 0.15) is 6.10 Å². The number of hydrogen-bond donors (Lipinski definition) is 3. The summed E-state index contributed by atoms with van der Waals surface area (Å²) in [6.07, 6.45) is -3.16. The molecule has 0 aliphatic carbocycles. The van der Waals surface area contributed by atoms with Gasteiger partial charge in [-0.25, -0.2) is 0 Å². The molecule has 0 bridgehead atoms. The number of thiocarbonyl (C=S) groups is 1. The standard InChI is InChI=1S/C11H11NO4S/c13-9(5-10(14)15)11(16)7-2-1-3-8(4-7)12-6-17/h1-4,9,11,13,16H,5H2,(H,14,15). The van der Waals surface area contributed by atoms with Crippen molar-refractivity contribution in [3.05, 3.63) is 29.8 Å². The third-order valence-corrected chi connectivity index (χ3v) is 2.23. The fourth-order valence-electron chi connectivity index (χ4n) is 1.34. The molecule has 0 spiro atoms. The summed E-state index contributed by atoms with van der Waals surface area (Å²) in [5.74, 6) is -1.18. The smallest absolute Gasteiger partial charge is 0.306 e. The SMILES string of the molecule is O=C(O)CC(O)C(O)c1cccc(N=C=S)c1. The first-order valence-electron chi connectivity index (χ1n) is 4.80. The lowest BCUT2D eigenvalue weighted by molar-refractivity contribution is -0.141. The molecule has 90 valence electrons. The Bertz CT molecular complexity index is 457. The molecule has 0 aliphatic heterocycles. The first-order valence-corrected chi connectivity index (χ1v) is 5.21. The Balaban J connectivity index is 2.87. The van der Waals surface area contributed by atoms with Crippen LogP contribution in [0, 0.1) is 0 Å². The number of carboxylic acid groups (broad SMARTS) is 1. The van der Waals surface area contributed by atoms with Crippen LogP contribution in [-0.4, -0.2) is 32.6 Å². The number of aliphatic hydroxyl groups is 2. The molecule has 1 rings (SSSR count). The topological polar surface area (TPSA) is 90.1 Å². The van der Waals surface area contributed by atoms with Crippen LogP contribution < -0.4 is 0 Å². The van der Waals surface area contributed by atoms with Crippen LogP contribution in [0.15, 0.2) is 29.3 Å². The van der Waals surface area contributed by atoms with Gasteiger partial charge in [-0.15, -0.1) is 0 Å². The van der Waals surface area contributed by atoms with Crippen molar-refractivity contribution < 1.29 is 20.1 Å². The van der Waals surface area contributed by atoms with Crippen molar-refractivity contribution in [1.29, 1.82) is 0 Å². The van der Waals surface area contributed by atoms with Crippen molar-refractivity contribution >= 4 is 29.0 Å². The summed E-state index contributed by atoms with van der Waals surface area (Å²) in [5.41, 5.74) is 0.865. The zero-order chi connectivity index (χ0) is 12.8. The van der Waals surface area contributed by atoms with Crippen LogP contribution in [0.3, 0.4) is 0 Å². The van der Waals surface area contributed by atoms with Crippen LogP contribution in [0.4, 0.5) is 5.69 Å². The fourth-order valence-corrected chi connectivity index (χ4v) is 1.45. The van der Waals surface area contributed by atoms with Gasteiger partial charge in [0.2, 0.25) is 0 Å². The molecule has 1 aromatic carbocycles. The molecule has 6 heteroatoms. The van der Waals surface area contributed by atoms with Crippen LogP contribution in [-0.2, 0) is 4.79 Å². The first-order chi connectivity index (χ1) is 8.04. The zero-order valence-corrected chi connectivity index (χ0v) is 9.59. The third kappa shape index (κ3) is 4.05. The molecular formula is C11H11NO4S. The molecule has 0 fully saturated rings. The summed E-state index contributed by atoms with van der Waals surface area (Å²) in [4.78, 5) is 14.1. The van der Waals surface area contributed by atoms with Gasteiger partial charge < -0.3 is 15.3 Å². The monoisotopic (exact) mass is 253 g/mol. The molecule has 0 aliphatic rings. The lowest BCUT2D eigenvalue weighted by Crippen LogP contribution is -2.21. The lowest BCUT2D eigenvalue weighted by Gasteiger charge is -2.16. The maximum Gasteiger partial charge on any atom is 0.306 e. The number of aliphatic imine (C=N–C) groups is 1. The molecule has 2 atom stereocenters. The van der Waals surface area contributed by atoms with Crippen molar-refractivity contribution in [3.8, 4) is 0 Å². The Morgan fingerprint density at radius 3 is 2.76 bits per heavy atom. The van der Waals surface area contributed by atoms with E-state index in [9.17, 15) is 15.0 Å². The van der Waals surface area contributed by atoms with Crippen molar-refractivity contribution in [3.63, 3.8) is 0 Å². The number of isothiocyanates is 1. The molecule has 17 heavy (non-hydrogen) atoms. The largest absolute Gasteiger partial charge is 0.481 e. The summed E-state index contributed by atoms with van der Waals surface area (Å²) in [5, 5.41) is 29.9. The van der Waals surface area contributed by atoms with Gasteiger partial charge in [-0.1, -0.05) is 12.1 Å². The van der Waals surface area contributed by atoms with Crippen LogP contribution >= 0.6 is 12.2 Å². The zero-order valence-electron chi connectivity index (χ0n) is 8.78. The first kappa shape index (κ1) is 13.5. The predicted octanol–water partition coefficient (Wildman–Crippen LogP) is 1.29. The number of rotatable bonds is 5. The molecule has 5 nitrogen and oxygen atoms in total. The third-order valence-electron chi connectivity index (χ3n) is 2.13. The van der Waals surface area contributed by atoms with Gasteiger partial charge >= 0.3 is 5.97 Å². The minimum absolute atomic E-state index is 0.380.